The summed E-state index contributed by atoms with van der Waals surface area (Å²) in [6.45, 7) is 2.48. The Kier molecular flexibility index (Phi) is 5.71. The van der Waals surface area contributed by atoms with E-state index >= 15 is 0 Å². The third-order valence-electron chi connectivity index (χ3n) is 6.71. The Morgan fingerprint density at radius 3 is 2.50 bits per heavy atom. The van der Waals surface area contributed by atoms with Crippen molar-refractivity contribution in [2.24, 2.45) is 0 Å². The minimum absolute atomic E-state index is 0.153. The number of aromatic nitrogens is 2. The Morgan fingerprint density at radius 1 is 0.938 bits per heavy atom. The van der Waals surface area contributed by atoms with Crippen LogP contribution in [0, 0.1) is 0 Å². The van der Waals surface area contributed by atoms with E-state index in [9.17, 15) is 4.79 Å². The number of amides is 1. The van der Waals surface area contributed by atoms with Crippen molar-refractivity contribution >= 4 is 17.8 Å². The fraction of sp³-hybridized carbons (Fsp3) is 0.296. The van der Waals surface area contributed by atoms with Gasteiger partial charge in [0.25, 0.3) is 5.91 Å². The van der Waals surface area contributed by atoms with Crippen molar-refractivity contribution < 1.29 is 4.79 Å². The lowest BCUT2D eigenvalue weighted by atomic mass is 9.74. The van der Waals surface area contributed by atoms with E-state index in [1.165, 1.54) is 16.7 Å². The zero-order chi connectivity index (χ0) is 21.8. The number of anilines is 1. The van der Waals surface area contributed by atoms with E-state index in [0.29, 0.717) is 12.2 Å². The Balaban J connectivity index is 1.13. The summed E-state index contributed by atoms with van der Waals surface area (Å²) in [6, 6.07) is 22.7. The molecule has 1 aromatic heterocycles. The molecule has 162 valence electrons. The van der Waals surface area contributed by atoms with Crippen molar-refractivity contribution in [3.05, 3.63) is 95.2 Å². The third-order valence-corrected chi connectivity index (χ3v) is 6.71. The molecule has 0 saturated carbocycles. The second-order valence-corrected chi connectivity index (χ2v) is 8.69. The van der Waals surface area contributed by atoms with Gasteiger partial charge in [-0.15, -0.1) is 10.2 Å². The standard InChI is InChI=1S/C27H28N4O/c32-26(28-18-6-9-21-7-2-1-3-8-21)24-12-13-25(30-29-24)31-19-16-27(17-20-31)15-14-22-10-4-5-11-23(22)27/h1-5,7-8,10-15H,6,9,16-20H2,(H,28,32). The van der Waals surface area contributed by atoms with Crippen molar-refractivity contribution in [3.8, 4) is 0 Å². The first-order chi connectivity index (χ1) is 15.7. The third kappa shape index (κ3) is 4.15. The van der Waals surface area contributed by atoms with Gasteiger partial charge in [-0.1, -0.05) is 66.7 Å². The molecule has 1 fully saturated rings. The van der Waals surface area contributed by atoms with E-state index in [-0.39, 0.29) is 11.3 Å². The van der Waals surface area contributed by atoms with E-state index in [1.54, 1.807) is 6.07 Å². The average molecular weight is 425 g/mol. The molecular formula is C27H28N4O. The van der Waals surface area contributed by atoms with Crippen LogP contribution in [-0.4, -0.2) is 35.7 Å². The predicted molar refractivity (Wildman–Crippen MR) is 128 cm³/mol. The quantitative estimate of drug-likeness (QED) is 0.596. The number of rotatable bonds is 6. The highest BCUT2D eigenvalue weighted by Crippen LogP contribution is 2.43. The zero-order valence-corrected chi connectivity index (χ0v) is 18.2. The first-order valence-corrected chi connectivity index (χ1v) is 11.4. The Labute approximate surface area is 189 Å². The highest BCUT2D eigenvalue weighted by Gasteiger charge is 2.38. The number of aryl methyl sites for hydroxylation is 1. The highest BCUT2D eigenvalue weighted by molar-refractivity contribution is 5.92. The molecule has 1 aliphatic heterocycles. The molecule has 1 saturated heterocycles. The summed E-state index contributed by atoms with van der Waals surface area (Å²) in [7, 11) is 0. The van der Waals surface area contributed by atoms with E-state index in [0.717, 1.165) is 44.6 Å². The van der Waals surface area contributed by atoms with Crippen LogP contribution in [0.2, 0.25) is 0 Å². The van der Waals surface area contributed by atoms with Crippen LogP contribution in [-0.2, 0) is 11.8 Å². The van der Waals surface area contributed by atoms with Crippen LogP contribution in [0.15, 0.2) is 72.8 Å². The number of allylic oxidation sites excluding steroid dienone is 1. The van der Waals surface area contributed by atoms with Crippen LogP contribution < -0.4 is 10.2 Å². The van der Waals surface area contributed by atoms with Gasteiger partial charge < -0.3 is 10.2 Å². The maximum absolute atomic E-state index is 12.4. The number of nitrogens with one attached hydrogen (secondary N) is 1. The smallest absolute Gasteiger partial charge is 0.271 e. The molecule has 3 aromatic rings. The number of hydrogen-bond donors (Lipinski definition) is 1. The van der Waals surface area contributed by atoms with Gasteiger partial charge >= 0.3 is 0 Å². The summed E-state index contributed by atoms with van der Waals surface area (Å²) >= 11 is 0. The second-order valence-electron chi connectivity index (χ2n) is 8.69. The summed E-state index contributed by atoms with van der Waals surface area (Å²) in [5, 5.41) is 11.5. The summed E-state index contributed by atoms with van der Waals surface area (Å²) in [6.07, 6.45) is 8.61. The number of nitrogens with zero attached hydrogens (tertiary/aromatic N) is 3. The predicted octanol–water partition coefficient (Wildman–Crippen LogP) is 4.40. The summed E-state index contributed by atoms with van der Waals surface area (Å²) in [5.74, 6) is 0.679. The molecule has 5 nitrogen and oxygen atoms in total. The molecular weight excluding hydrogens is 396 g/mol. The number of piperidine rings is 1. The zero-order valence-electron chi connectivity index (χ0n) is 18.2. The van der Waals surface area contributed by atoms with E-state index < -0.39 is 0 Å². The van der Waals surface area contributed by atoms with Gasteiger partial charge in [-0.3, -0.25) is 4.79 Å². The van der Waals surface area contributed by atoms with Crippen LogP contribution in [0.4, 0.5) is 5.82 Å². The number of hydrogen-bond acceptors (Lipinski definition) is 4. The second kappa shape index (κ2) is 8.95. The van der Waals surface area contributed by atoms with Crippen LogP contribution in [0.25, 0.3) is 6.08 Å². The lowest BCUT2D eigenvalue weighted by molar-refractivity contribution is 0.0947. The Morgan fingerprint density at radius 2 is 1.72 bits per heavy atom. The van der Waals surface area contributed by atoms with Crippen LogP contribution in [0.3, 0.4) is 0 Å². The van der Waals surface area contributed by atoms with Crippen LogP contribution in [0.5, 0.6) is 0 Å². The Bertz CT molecular complexity index is 1100. The van der Waals surface area contributed by atoms with Gasteiger partial charge in [0.2, 0.25) is 0 Å². The first kappa shape index (κ1) is 20.4. The van der Waals surface area contributed by atoms with Gasteiger partial charge in [0, 0.05) is 25.0 Å². The van der Waals surface area contributed by atoms with Crippen molar-refractivity contribution in [2.45, 2.75) is 31.1 Å². The monoisotopic (exact) mass is 424 g/mol. The number of benzene rings is 2. The van der Waals surface area contributed by atoms with E-state index in [1.807, 2.05) is 24.3 Å². The molecule has 2 aromatic carbocycles. The van der Waals surface area contributed by atoms with Crippen molar-refractivity contribution in [1.29, 1.82) is 0 Å². The summed E-state index contributed by atoms with van der Waals surface area (Å²) < 4.78 is 0. The largest absolute Gasteiger partial charge is 0.355 e. The molecule has 0 bridgehead atoms. The minimum atomic E-state index is -0.164. The average Bonchev–Trinajstić information content (AvgIpc) is 3.21. The first-order valence-electron chi connectivity index (χ1n) is 11.4. The van der Waals surface area contributed by atoms with E-state index in [2.05, 4.69) is 69.0 Å². The molecule has 0 unspecified atom stereocenters. The van der Waals surface area contributed by atoms with E-state index in [4.69, 9.17) is 0 Å². The van der Waals surface area contributed by atoms with Gasteiger partial charge in [0.1, 0.15) is 0 Å². The summed E-state index contributed by atoms with van der Waals surface area (Å²) in [4.78, 5) is 14.7. The minimum Gasteiger partial charge on any atom is -0.355 e. The molecule has 1 aliphatic carbocycles. The topological polar surface area (TPSA) is 58.1 Å². The van der Waals surface area contributed by atoms with Crippen molar-refractivity contribution in [2.75, 3.05) is 24.5 Å². The SMILES string of the molecule is O=C(NCCCc1ccccc1)c1ccc(N2CCC3(C=Cc4ccccc43)CC2)nn1. The van der Waals surface area contributed by atoms with Gasteiger partial charge in [0.05, 0.1) is 0 Å². The fourth-order valence-corrected chi connectivity index (χ4v) is 4.85. The van der Waals surface area contributed by atoms with Crippen LogP contribution in [0.1, 0.15) is 46.4 Å². The molecule has 1 amide bonds. The molecule has 5 rings (SSSR count). The maximum Gasteiger partial charge on any atom is 0.271 e. The molecule has 2 heterocycles. The highest BCUT2D eigenvalue weighted by atomic mass is 16.1. The van der Waals surface area contributed by atoms with Crippen molar-refractivity contribution in [3.63, 3.8) is 0 Å². The number of carbonyl (C=O) groups excluding carboxylic acids is 1. The molecule has 32 heavy (non-hydrogen) atoms. The molecule has 2 aliphatic rings. The molecule has 5 heteroatoms. The lowest BCUT2D eigenvalue weighted by Gasteiger charge is -2.39. The van der Waals surface area contributed by atoms with Gasteiger partial charge in [0.15, 0.2) is 11.5 Å². The van der Waals surface area contributed by atoms with Gasteiger partial charge in [-0.05, 0) is 54.5 Å². The normalized spacial score (nSPS) is 16.2. The molecule has 1 N–H and O–H groups in total. The van der Waals surface area contributed by atoms with Crippen molar-refractivity contribution in [1.82, 2.24) is 15.5 Å². The lowest BCUT2D eigenvalue weighted by Crippen LogP contribution is -2.41. The summed E-state index contributed by atoms with van der Waals surface area (Å²) in [5.41, 5.74) is 4.60. The van der Waals surface area contributed by atoms with Gasteiger partial charge in [-0.25, -0.2) is 0 Å². The number of fused-ring (bicyclic) bond motifs is 2. The molecule has 0 radical (unpaired) electrons. The number of carbonyl (C=O) groups is 1. The molecule has 1 spiro atoms. The fourth-order valence-electron chi connectivity index (χ4n) is 4.85. The Hall–Kier alpha value is -3.47. The molecule has 0 atom stereocenters. The van der Waals surface area contributed by atoms with Crippen LogP contribution >= 0.6 is 0 Å². The maximum atomic E-state index is 12.4. The van der Waals surface area contributed by atoms with Gasteiger partial charge in [-0.2, -0.15) is 0 Å².